The molecule has 0 unspecified atom stereocenters. The molecule has 2 nitrogen and oxygen atoms in total. The summed E-state index contributed by atoms with van der Waals surface area (Å²) in [5.41, 5.74) is 4.76. The lowest BCUT2D eigenvalue weighted by atomic mass is 10.0. The van der Waals surface area contributed by atoms with Crippen LogP contribution in [0.1, 0.15) is 0 Å². The fourth-order valence-corrected chi connectivity index (χ4v) is 5.72. The maximum absolute atomic E-state index is 5.08. The van der Waals surface area contributed by atoms with Crippen molar-refractivity contribution in [3.05, 3.63) is 109 Å². The molecule has 3 aromatic heterocycles. The molecule has 3 heteroatoms. The summed E-state index contributed by atoms with van der Waals surface area (Å²) in [7, 11) is 0. The van der Waals surface area contributed by atoms with Crippen LogP contribution in [0.5, 0.6) is 0 Å². The molecule has 0 aliphatic rings. The van der Waals surface area contributed by atoms with E-state index in [1.807, 2.05) is 6.20 Å². The monoisotopic (exact) mass is 426 g/mol. The number of benzene rings is 4. The Kier molecular flexibility index (Phi) is 3.75. The molecule has 0 aliphatic heterocycles. The van der Waals surface area contributed by atoms with E-state index < -0.39 is 0 Å². The first-order chi connectivity index (χ1) is 15.9. The van der Waals surface area contributed by atoms with Gasteiger partial charge < -0.3 is 0 Å². The highest BCUT2D eigenvalue weighted by Crippen LogP contribution is 2.40. The highest BCUT2D eigenvalue weighted by Gasteiger charge is 2.18. The molecule has 0 fully saturated rings. The van der Waals surface area contributed by atoms with E-state index in [0.29, 0.717) is 0 Å². The van der Waals surface area contributed by atoms with Gasteiger partial charge in [-0.1, -0.05) is 78.9 Å². The summed E-state index contributed by atoms with van der Waals surface area (Å²) < 4.78 is 3.66. The van der Waals surface area contributed by atoms with E-state index in [4.69, 9.17) is 4.98 Å². The van der Waals surface area contributed by atoms with Crippen LogP contribution in [-0.2, 0) is 0 Å². The third kappa shape index (κ3) is 2.43. The molecule has 0 atom stereocenters. The van der Waals surface area contributed by atoms with Crippen molar-refractivity contribution in [3.63, 3.8) is 0 Å². The quantitative estimate of drug-likeness (QED) is 0.272. The van der Waals surface area contributed by atoms with Gasteiger partial charge in [0.05, 0.1) is 11.0 Å². The van der Waals surface area contributed by atoms with Crippen LogP contribution in [-0.4, -0.2) is 9.55 Å². The number of hydrogen-bond donors (Lipinski definition) is 0. The Hall–Kier alpha value is -3.95. The Morgan fingerprint density at radius 2 is 1.34 bits per heavy atom. The SMILES string of the molecule is c1ccc(-c2cnc(-n3c4ccccc4c4ccc5sccc5c43)c3ccccc23)cc1. The summed E-state index contributed by atoms with van der Waals surface area (Å²) in [5, 5.41) is 8.35. The zero-order valence-corrected chi connectivity index (χ0v) is 18.0. The molecule has 0 radical (unpaired) electrons. The minimum absolute atomic E-state index is 0.977. The molecule has 7 rings (SSSR count). The van der Waals surface area contributed by atoms with Gasteiger partial charge in [-0.15, -0.1) is 11.3 Å². The van der Waals surface area contributed by atoms with Gasteiger partial charge in [-0.25, -0.2) is 4.98 Å². The van der Waals surface area contributed by atoms with Crippen LogP contribution in [0.25, 0.3) is 59.6 Å². The minimum Gasteiger partial charge on any atom is -0.293 e. The third-order valence-electron chi connectivity index (χ3n) is 6.34. The molecular weight excluding hydrogens is 408 g/mol. The van der Waals surface area contributed by atoms with Gasteiger partial charge >= 0.3 is 0 Å². The van der Waals surface area contributed by atoms with Crippen LogP contribution in [0.3, 0.4) is 0 Å². The Balaban J connectivity index is 1.66. The van der Waals surface area contributed by atoms with E-state index in [2.05, 4.69) is 107 Å². The summed E-state index contributed by atoms with van der Waals surface area (Å²) in [6.45, 7) is 0. The summed E-state index contributed by atoms with van der Waals surface area (Å²) in [4.78, 5) is 5.08. The zero-order chi connectivity index (χ0) is 21.1. The Morgan fingerprint density at radius 3 is 2.22 bits per heavy atom. The summed E-state index contributed by atoms with van der Waals surface area (Å²) in [6.07, 6.45) is 2.03. The van der Waals surface area contributed by atoms with Crippen LogP contribution in [0.4, 0.5) is 0 Å². The lowest BCUT2D eigenvalue weighted by molar-refractivity contribution is 1.11. The first-order valence-corrected chi connectivity index (χ1v) is 11.6. The van der Waals surface area contributed by atoms with Gasteiger partial charge in [-0.3, -0.25) is 4.57 Å². The lowest BCUT2D eigenvalue weighted by Gasteiger charge is -2.14. The van der Waals surface area contributed by atoms with Gasteiger partial charge in [0.15, 0.2) is 0 Å². The number of para-hydroxylation sites is 1. The van der Waals surface area contributed by atoms with Crippen LogP contribution in [0.2, 0.25) is 0 Å². The maximum atomic E-state index is 5.08. The molecule has 0 bridgehead atoms. The second-order valence-electron chi connectivity index (χ2n) is 8.05. The van der Waals surface area contributed by atoms with Crippen molar-refractivity contribution < 1.29 is 0 Å². The van der Waals surface area contributed by atoms with Crippen molar-refractivity contribution in [1.82, 2.24) is 9.55 Å². The number of thiophene rings is 1. The zero-order valence-electron chi connectivity index (χ0n) is 17.2. The minimum atomic E-state index is 0.977. The first kappa shape index (κ1) is 17.7. The Bertz CT molecular complexity index is 1770. The molecule has 0 N–H and O–H groups in total. The average Bonchev–Trinajstić information content (AvgIpc) is 3.46. The second-order valence-corrected chi connectivity index (χ2v) is 9.00. The summed E-state index contributed by atoms with van der Waals surface area (Å²) in [5.74, 6) is 0.977. The number of pyridine rings is 1. The fraction of sp³-hybridized carbons (Fsp3) is 0. The predicted octanol–water partition coefficient (Wildman–Crippen LogP) is 8.21. The molecule has 0 spiro atoms. The fourth-order valence-electron chi connectivity index (χ4n) is 4.93. The molecule has 150 valence electrons. The second kappa shape index (κ2) is 6.78. The molecular formula is C29H18N2S. The molecule has 3 heterocycles. The van der Waals surface area contributed by atoms with Crippen molar-refractivity contribution in [1.29, 1.82) is 0 Å². The lowest BCUT2D eigenvalue weighted by Crippen LogP contribution is -2.00. The molecule has 4 aromatic carbocycles. The van der Waals surface area contributed by atoms with Crippen LogP contribution < -0.4 is 0 Å². The highest BCUT2D eigenvalue weighted by atomic mass is 32.1. The number of hydrogen-bond acceptors (Lipinski definition) is 2. The summed E-state index contributed by atoms with van der Waals surface area (Å²) in [6, 6.07) is 34.5. The van der Waals surface area contributed by atoms with Crippen LogP contribution in [0.15, 0.2) is 109 Å². The number of aromatic nitrogens is 2. The maximum Gasteiger partial charge on any atom is 0.145 e. The van der Waals surface area contributed by atoms with Crippen LogP contribution in [0, 0.1) is 0 Å². The number of fused-ring (bicyclic) bond motifs is 6. The van der Waals surface area contributed by atoms with Gasteiger partial charge in [0, 0.05) is 38.0 Å². The van der Waals surface area contributed by atoms with E-state index in [1.165, 1.54) is 42.8 Å². The van der Waals surface area contributed by atoms with E-state index in [0.717, 1.165) is 16.8 Å². The smallest absolute Gasteiger partial charge is 0.145 e. The normalized spacial score (nSPS) is 11.8. The van der Waals surface area contributed by atoms with Crippen molar-refractivity contribution in [2.24, 2.45) is 0 Å². The van der Waals surface area contributed by atoms with E-state index in [-0.39, 0.29) is 0 Å². The molecule has 0 saturated heterocycles. The standard InChI is InChI=1S/C29H18N2S/c1-2-8-19(9-3-1)25-18-30-29(23-12-5-4-10-20(23)25)31-26-13-7-6-11-21(26)22-14-15-27-24(28(22)31)16-17-32-27/h1-18H. The van der Waals surface area contributed by atoms with E-state index in [9.17, 15) is 0 Å². The van der Waals surface area contributed by atoms with Crippen molar-refractivity contribution in [3.8, 4) is 16.9 Å². The van der Waals surface area contributed by atoms with Crippen molar-refractivity contribution >= 4 is 54.0 Å². The number of rotatable bonds is 2. The highest BCUT2D eigenvalue weighted by molar-refractivity contribution is 7.17. The van der Waals surface area contributed by atoms with Crippen molar-refractivity contribution in [2.75, 3.05) is 0 Å². The van der Waals surface area contributed by atoms with Gasteiger partial charge in [-0.2, -0.15) is 0 Å². The first-order valence-electron chi connectivity index (χ1n) is 10.7. The van der Waals surface area contributed by atoms with Gasteiger partial charge in [-0.05, 0) is 34.5 Å². The predicted molar refractivity (Wildman–Crippen MR) is 137 cm³/mol. The van der Waals surface area contributed by atoms with Gasteiger partial charge in [0.25, 0.3) is 0 Å². The molecule has 0 aliphatic carbocycles. The average molecular weight is 427 g/mol. The largest absolute Gasteiger partial charge is 0.293 e. The molecule has 32 heavy (non-hydrogen) atoms. The van der Waals surface area contributed by atoms with E-state index in [1.54, 1.807) is 11.3 Å². The Morgan fingerprint density at radius 1 is 0.594 bits per heavy atom. The third-order valence-corrected chi connectivity index (χ3v) is 7.22. The van der Waals surface area contributed by atoms with Gasteiger partial charge in [0.2, 0.25) is 0 Å². The van der Waals surface area contributed by atoms with Crippen molar-refractivity contribution in [2.45, 2.75) is 0 Å². The van der Waals surface area contributed by atoms with E-state index >= 15 is 0 Å². The molecule has 7 aromatic rings. The Labute approximate surface area is 189 Å². The molecule has 0 amide bonds. The topological polar surface area (TPSA) is 17.8 Å². The van der Waals surface area contributed by atoms with Gasteiger partial charge in [0.1, 0.15) is 5.82 Å². The number of nitrogens with zero attached hydrogens (tertiary/aromatic N) is 2. The summed E-state index contributed by atoms with van der Waals surface area (Å²) >= 11 is 1.79. The molecule has 0 saturated carbocycles. The van der Waals surface area contributed by atoms with Crippen LogP contribution >= 0.6 is 11.3 Å².